The highest BCUT2D eigenvalue weighted by molar-refractivity contribution is 7.13. The smallest absolute Gasteiger partial charge is 0.185 e. The van der Waals surface area contributed by atoms with E-state index in [2.05, 4.69) is 16.0 Å². The van der Waals surface area contributed by atoms with Gasteiger partial charge in [-0.2, -0.15) is 0 Å². The number of thiazole rings is 1. The Balaban J connectivity index is 2.08. The summed E-state index contributed by atoms with van der Waals surface area (Å²) in [5.74, 6) is 0.876. The lowest BCUT2D eigenvalue weighted by Gasteiger charge is -2.16. The summed E-state index contributed by atoms with van der Waals surface area (Å²) in [5, 5.41) is 3.00. The molecule has 19 heavy (non-hydrogen) atoms. The molecule has 0 aliphatic rings. The lowest BCUT2D eigenvalue weighted by molar-refractivity contribution is 0.414. The van der Waals surface area contributed by atoms with Crippen molar-refractivity contribution in [3.05, 3.63) is 40.9 Å². The Bertz CT molecular complexity index is 539. The average molecular weight is 277 g/mol. The summed E-state index contributed by atoms with van der Waals surface area (Å²) in [6.45, 7) is 2.74. The van der Waals surface area contributed by atoms with E-state index in [0.29, 0.717) is 0 Å². The van der Waals surface area contributed by atoms with Crippen molar-refractivity contribution in [2.75, 3.05) is 19.1 Å². The molecule has 0 bridgehead atoms. The van der Waals surface area contributed by atoms with Gasteiger partial charge in [0.25, 0.3) is 0 Å². The van der Waals surface area contributed by atoms with Gasteiger partial charge in [0.05, 0.1) is 12.8 Å². The minimum absolute atomic E-state index is 0.0183. The third-order valence-corrected chi connectivity index (χ3v) is 3.83. The molecule has 0 radical (unpaired) electrons. The van der Waals surface area contributed by atoms with Crippen LogP contribution in [0.1, 0.15) is 24.2 Å². The van der Waals surface area contributed by atoms with Gasteiger partial charge in [-0.15, -0.1) is 11.3 Å². The topological polar surface area (TPSA) is 51.4 Å². The first-order valence-corrected chi connectivity index (χ1v) is 7.03. The van der Waals surface area contributed by atoms with E-state index in [0.717, 1.165) is 23.1 Å². The van der Waals surface area contributed by atoms with E-state index in [1.54, 1.807) is 18.4 Å². The first kappa shape index (κ1) is 13.8. The summed E-state index contributed by atoms with van der Waals surface area (Å²) >= 11 is 1.62. The van der Waals surface area contributed by atoms with Crippen molar-refractivity contribution in [2.45, 2.75) is 19.5 Å². The van der Waals surface area contributed by atoms with Gasteiger partial charge in [0.15, 0.2) is 5.13 Å². The maximum absolute atomic E-state index is 5.83. The number of nitrogens with zero attached hydrogens (tertiary/aromatic N) is 2. The van der Waals surface area contributed by atoms with Gasteiger partial charge in [0, 0.05) is 25.0 Å². The molecular weight excluding hydrogens is 258 g/mol. The normalized spacial score (nSPS) is 12.2. The van der Waals surface area contributed by atoms with Gasteiger partial charge in [0.2, 0.25) is 0 Å². The minimum atomic E-state index is -0.0183. The molecular formula is C14H19N3OS. The Labute approximate surface area is 117 Å². The molecule has 2 rings (SSSR count). The Morgan fingerprint density at radius 2 is 2.26 bits per heavy atom. The van der Waals surface area contributed by atoms with Gasteiger partial charge in [-0.3, -0.25) is 0 Å². The van der Waals surface area contributed by atoms with Crippen LogP contribution in [0.15, 0.2) is 29.6 Å². The monoisotopic (exact) mass is 277 g/mol. The van der Waals surface area contributed by atoms with Crippen molar-refractivity contribution in [1.29, 1.82) is 0 Å². The van der Waals surface area contributed by atoms with Crippen LogP contribution in [0.25, 0.3) is 0 Å². The second-order valence-electron chi connectivity index (χ2n) is 4.55. The Kier molecular flexibility index (Phi) is 4.39. The largest absolute Gasteiger partial charge is 0.497 e. The Morgan fingerprint density at radius 3 is 2.89 bits per heavy atom. The molecule has 0 saturated heterocycles. The number of ether oxygens (including phenoxy) is 1. The van der Waals surface area contributed by atoms with Crippen molar-refractivity contribution in [2.24, 2.45) is 5.73 Å². The van der Waals surface area contributed by atoms with Crippen LogP contribution in [-0.4, -0.2) is 19.1 Å². The molecule has 0 fully saturated rings. The maximum atomic E-state index is 5.83. The number of hydrogen-bond donors (Lipinski definition) is 1. The zero-order valence-electron chi connectivity index (χ0n) is 11.5. The summed E-state index contributed by atoms with van der Waals surface area (Å²) in [6, 6.07) is 8.05. The Hall–Kier alpha value is -1.59. The molecule has 1 heterocycles. The van der Waals surface area contributed by atoms with Gasteiger partial charge in [-0.05, 0) is 24.6 Å². The first-order valence-electron chi connectivity index (χ1n) is 6.15. The molecule has 5 heteroatoms. The quantitative estimate of drug-likeness (QED) is 0.913. The molecule has 1 aromatic heterocycles. The van der Waals surface area contributed by atoms with Crippen molar-refractivity contribution < 1.29 is 4.74 Å². The van der Waals surface area contributed by atoms with E-state index in [4.69, 9.17) is 10.5 Å². The van der Waals surface area contributed by atoms with Gasteiger partial charge >= 0.3 is 0 Å². The minimum Gasteiger partial charge on any atom is -0.497 e. The van der Waals surface area contributed by atoms with Crippen LogP contribution in [0.3, 0.4) is 0 Å². The van der Waals surface area contributed by atoms with Crippen LogP contribution in [0.4, 0.5) is 5.13 Å². The lowest BCUT2D eigenvalue weighted by Crippen LogP contribution is -2.16. The molecule has 0 saturated carbocycles. The zero-order chi connectivity index (χ0) is 13.8. The zero-order valence-corrected chi connectivity index (χ0v) is 12.3. The molecule has 0 aliphatic heterocycles. The second-order valence-corrected chi connectivity index (χ2v) is 5.39. The third kappa shape index (κ3) is 3.45. The fourth-order valence-corrected chi connectivity index (χ4v) is 2.67. The van der Waals surface area contributed by atoms with Gasteiger partial charge in [-0.25, -0.2) is 4.98 Å². The molecule has 2 aromatic rings. The molecule has 0 spiro atoms. The van der Waals surface area contributed by atoms with Crippen LogP contribution in [0, 0.1) is 0 Å². The number of methoxy groups -OCH3 is 1. The summed E-state index contributed by atoms with van der Waals surface area (Å²) in [5.41, 5.74) is 7.96. The number of benzene rings is 1. The van der Waals surface area contributed by atoms with Gasteiger partial charge in [0.1, 0.15) is 5.75 Å². The SMILES string of the molecule is COc1cccc(CN(C)c2nc(C(C)N)cs2)c1. The molecule has 1 aromatic carbocycles. The fraction of sp³-hybridized carbons (Fsp3) is 0.357. The van der Waals surface area contributed by atoms with E-state index in [-0.39, 0.29) is 6.04 Å². The van der Waals surface area contributed by atoms with Crippen molar-refractivity contribution in [3.8, 4) is 5.75 Å². The average Bonchev–Trinajstić information content (AvgIpc) is 2.89. The molecule has 2 N–H and O–H groups in total. The first-order chi connectivity index (χ1) is 9.10. The number of aromatic nitrogens is 1. The summed E-state index contributed by atoms with van der Waals surface area (Å²) in [7, 11) is 3.71. The highest BCUT2D eigenvalue weighted by Crippen LogP contribution is 2.24. The van der Waals surface area contributed by atoms with Crippen molar-refractivity contribution >= 4 is 16.5 Å². The van der Waals surface area contributed by atoms with Crippen molar-refractivity contribution in [3.63, 3.8) is 0 Å². The standard InChI is InChI=1S/C14H19N3OS/c1-10(15)13-9-19-14(16-13)17(2)8-11-5-4-6-12(7-11)18-3/h4-7,9-10H,8,15H2,1-3H3. The van der Waals surface area contributed by atoms with E-state index in [1.165, 1.54) is 5.56 Å². The predicted molar refractivity (Wildman–Crippen MR) is 79.8 cm³/mol. The predicted octanol–water partition coefficient (Wildman–Crippen LogP) is 2.81. The Morgan fingerprint density at radius 1 is 1.47 bits per heavy atom. The summed E-state index contributed by atoms with van der Waals surface area (Å²) < 4.78 is 5.23. The molecule has 0 aliphatic carbocycles. The third-order valence-electron chi connectivity index (χ3n) is 2.86. The lowest BCUT2D eigenvalue weighted by atomic mass is 10.2. The number of rotatable bonds is 5. The van der Waals surface area contributed by atoms with Crippen molar-refractivity contribution in [1.82, 2.24) is 4.98 Å². The number of anilines is 1. The van der Waals surface area contributed by atoms with Crippen LogP contribution >= 0.6 is 11.3 Å². The summed E-state index contributed by atoms with van der Waals surface area (Å²) in [6.07, 6.45) is 0. The maximum Gasteiger partial charge on any atom is 0.185 e. The second kappa shape index (κ2) is 6.04. The number of hydrogen-bond acceptors (Lipinski definition) is 5. The van der Waals surface area contributed by atoms with Gasteiger partial charge in [-0.1, -0.05) is 12.1 Å². The summed E-state index contributed by atoms with van der Waals surface area (Å²) in [4.78, 5) is 6.65. The van der Waals surface area contributed by atoms with Crippen LogP contribution in [-0.2, 0) is 6.54 Å². The number of nitrogens with two attached hydrogens (primary N) is 1. The molecule has 4 nitrogen and oxygen atoms in total. The highest BCUT2D eigenvalue weighted by Gasteiger charge is 2.10. The van der Waals surface area contributed by atoms with E-state index in [1.807, 2.05) is 37.6 Å². The molecule has 0 amide bonds. The van der Waals surface area contributed by atoms with Crippen LogP contribution in [0.5, 0.6) is 5.75 Å². The van der Waals surface area contributed by atoms with E-state index in [9.17, 15) is 0 Å². The molecule has 1 atom stereocenters. The molecule has 1 unspecified atom stereocenters. The molecule has 102 valence electrons. The van der Waals surface area contributed by atoms with Crippen LogP contribution < -0.4 is 15.4 Å². The highest BCUT2D eigenvalue weighted by atomic mass is 32.1. The van der Waals surface area contributed by atoms with E-state index >= 15 is 0 Å². The fourth-order valence-electron chi connectivity index (χ4n) is 1.77. The van der Waals surface area contributed by atoms with Crippen LogP contribution in [0.2, 0.25) is 0 Å². The van der Waals surface area contributed by atoms with E-state index < -0.39 is 0 Å². The van der Waals surface area contributed by atoms with Gasteiger partial charge < -0.3 is 15.4 Å².